The highest BCUT2D eigenvalue weighted by Gasteiger charge is 2.33. The molecule has 0 spiro atoms. The molecule has 4 nitrogen and oxygen atoms in total. The number of carbonyl (C=O) groups is 2. The van der Waals surface area contributed by atoms with Gasteiger partial charge in [0.1, 0.15) is 0 Å². The Morgan fingerprint density at radius 1 is 0.950 bits per heavy atom. The third-order valence-corrected chi connectivity index (χ3v) is 5.78. The lowest BCUT2D eigenvalue weighted by Crippen LogP contribution is -2.47. The number of carbonyl (C=O) groups excluding carboxylic acids is 2. The first-order valence-electron chi connectivity index (χ1n) is 7.63. The number of nitrogens with zero attached hydrogens (tertiary/aromatic N) is 2. The molecule has 1 amide bonds. The maximum Gasteiger partial charge on any atom is 0.225 e. The quantitative estimate of drug-likeness (QED) is 0.547. The Morgan fingerprint density at radius 3 is 1.90 bits per heavy atom. The van der Waals surface area contributed by atoms with Crippen LogP contribution in [0.5, 0.6) is 0 Å². The predicted octanol–water partition coefficient (Wildman–Crippen LogP) is 2.31. The molecular weight excluding hydrogens is 367 g/mol. The van der Waals surface area contributed by atoms with E-state index in [-0.39, 0.29) is 15.6 Å². The van der Waals surface area contributed by atoms with Crippen LogP contribution in [0.15, 0.2) is 0 Å². The number of rotatable bonds is 3. The number of hydrogen-bond acceptors (Lipinski definition) is 3. The van der Waals surface area contributed by atoms with E-state index in [0.717, 1.165) is 51.6 Å². The van der Waals surface area contributed by atoms with E-state index in [0.29, 0.717) is 11.9 Å². The van der Waals surface area contributed by atoms with E-state index in [1.165, 1.54) is 0 Å². The van der Waals surface area contributed by atoms with E-state index in [1.54, 1.807) is 0 Å². The molecule has 0 aromatic carbocycles. The van der Waals surface area contributed by atoms with Gasteiger partial charge in [0.25, 0.3) is 0 Å². The summed E-state index contributed by atoms with van der Waals surface area (Å²) in [6.07, 6.45) is 5.75. The van der Waals surface area contributed by atoms with Crippen LogP contribution >= 0.6 is 22.6 Å². The van der Waals surface area contributed by atoms with Crippen molar-refractivity contribution in [2.45, 2.75) is 44.6 Å². The average molecular weight is 392 g/mol. The molecule has 1 aliphatic heterocycles. The Kier molecular flexibility index (Phi) is 5.84. The van der Waals surface area contributed by atoms with Crippen molar-refractivity contribution < 1.29 is 9.59 Å². The van der Waals surface area contributed by atoms with Crippen molar-refractivity contribution in [3.8, 4) is 0 Å². The van der Waals surface area contributed by atoms with Gasteiger partial charge in [0.05, 0.1) is 0 Å². The van der Waals surface area contributed by atoms with E-state index in [4.69, 9.17) is 0 Å². The van der Waals surface area contributed by atoms with Gasteiger partial charge in [-0.25, -0.2) is 0 Å². The van der Waals surface area contributed by atoms with E-state index in [1.807, 2.05) is 22.6 Å². The summed E-state index contributed by atoms with van der Waals surface area (Å²) < 4.78 is 0.264. The first-order valence-corrected chi connectivity index (χ1v) is 8.71. The summed E-state index contributed by atoms with van der Waals surface area (Å²) in [6, 6.07) is 0.617. The number of halogens is 1. The summed E-state index contributed by atoms with van der Waals surface area (Å²) in [6.45, 7) is 1.79. The zero-order valence-corrected chi connectivity index (χ0v) is 14.6. The van der Waals surface area contributed by atoms with Crippen LogP contribution in [-0.2, 0) is 9.59 Å². The Morgan fingerprint density at radius 2 is 1.45 bits per heavy atom. The fourth-order valence-corrected chi connectivity index (χ4v) is 4.05. The fourth-order valence-electron chi connectivity index (χ4n) is 3.43. The average Bonchev–Trinajstić information content (AvgIpc) is 2.46. The van der Waals surface area contributed by atoms with Gasteiger partial charge in [-0.3, -0.25) is 9.59 Å². The van der Waals surface area contributed by atoms with Gasteiger partial charge in [-0.1, -0.05) is 0 Å². The standard InChI is InChI=1S/C15H25IN2O2/c1-17(2)13-7-9-18(10-8-13)15(20)12-5-3-11(4-6-12)14(16)19/h11-13H,3-10H2,1-2H3. The molecule has 1 saturated heterocycles. The molecule has 114 valence electrons. The van der Waals surface area contributed by atoms with Gasteiger partial charge in [0.15, 0.2) is 3.79 Å². The van der Waals surface area contributed by atoms with Crippen molar-refractivity contribution in [3.05, 3.63) is 0 Å². The summed E-state index contributed by atoms with van der Waals surface area (Å²) >= 11 is 1.90. The van der Waals surface area contributed by atoms with Gasteiger partial charge in [-0.15, -0.1) is 0 Å². The van der Waals surface area contributed by atoms with Gasteiger partial charge in [-0.05, 0) is 75.2 Å². The molecule has 2 rings (SSSR count). The van der Waals surface area contributed by atoms with Crippen LogP contribution in [-0.4, -0.2) is 52.7 Å². The van der Waals surface area contributed by atoms with Gasteiger partial charge in [-0.2, -0.15) is 0 Å². The molecule has 1 aliphatic carbocycles. The highest BCUT2D eigenvalue weighted by Crippen LogP contribution is 2.32. The van der Waals surface area contributed by atoms with Crippen molar-refractivity contribution in [1.29, 1.82) is 0 Å². The first kappa shape index (κ1) is 16.2. The molecule has 1 saturated carbocycles. The van der Waals surface area contributed by atoms with Gasteiger partial charge in [0.2, 0.25) is 5.91 Å². The number of piperidine rings is 1. The Hall–Kier alpha value is -0.170. The Labute approximate surface area is 135 Å². The molecule has 0 atom stereocenters. The Bertz CT molecular complexity index is 357. The lowest BCUT2D eigenvalue weighted by molar-refractivity contribution is -0.138. The van der Waals surface area contributed by atoms with Crippen LogP contribution in [0.4, 0.5) is 0 Å². The third-order valence-electron chi connectivity index (χ3n) is 4.90. The van der Waals surface area contributed by atoms with Crippen LogP contribution in [0.1, 0.15) is 38.5 Å². The molecule has 0 N–H and O–H groups in total. The summed E-state index contributed by atoms with van der Waals surface area (Å²) in [5.74, 6) is 0.693. The van der Waals surface area contributed by atoms with Crippen molar-refractivity contribution in [2.24, 2.45) is 11.8 Å². The molecule has 0 aromatic heterocycles. The molecule has 0 aromatic rings. The molecule has 2 aliphatic rings. The van der Waals surface area contributed by atoms with Crippen LogP contribution in [0.25, 0.3) is 0 Å². The van der Waals surface area contributed by atoms with Crippen molar-refractivity contribution in [3.63, 3.8) is 0 Å². The second kappa shape index (κ2) is 7.20. The smallest absolute Gasteiger partial charge is 0.225 e. The van der Waals surface area contributed by atoms with E-state index >= 15 is 0 Å². The zero-order chi connectivity index (χ0) is 14.7. The summed E-state index contributed by atoms with van der Waals surface area (Å²) in [5.41, 5.74) is 0. The van der Waals surface area contributed by atoms with E-state index in [9.17, 15) is 9.59 Å². The van der Waals surface area contributed by atoms with E-state index in [2.05, 4.69) is 23.9 Å². The van der Waals surface area contributed by atoms with E-state index < -0.39 is 0 Å². The highest BCUT2D eigenvalue weighted by atomic mass is 127. The molecule has 1 heterocycles. The second-order valence-corrected chi connectivity index (χ2v) is 7.44. The predicted molar refractivity (Wildman–Crippen MR) is 87.8 cm³/mol. The molecule has 0 bridgehead atoms. The molecule has 5 heteroatoms. The number of amides is 1. The van der Waals surface area contributed by atoms with Crippen molar-refractivity contribution in [2.75, 3.05) is 27.2 Å². The van der Waals surface area contributed by atoms with Gasteiger partial charge < -0.3 is 9.80 Å². The molecular formula is C15H25IN2O2. The SMILES string of the molecule is CN(C)C1CCN(C(=O)C2CCC(C(=O)I)CC2)CC1. The maximum absolute atomic E-state index is 12.5. The fraction of sp³-hybridized carbons (Fsp3) is 0.867. The monoisotopic (exact) mass is 392 g/mol. The lowest BCUT2D eigenvalue weighted by Gasteiger charge is -2.38. The van der Waals surface area contributed by atoms with Crippen molar-refractivity contribution >= 4 is 32.3 Å². The minimum absolute atomic E-state index is 0.165. The molecule has 2 fully saturated rings. The topological polar surface area (TPSA) is 40.6 Å². The third kappa shape index (κ3) is 3.93. The summed E-state index contributed by atoms with van der Waals surface area (Å²) in [7, 11) is 4.23. The Balaban J connectivity index is 1.80. The van der Waals surface area contributed by atoms with Crippen LogP contribution in [0.3, 0.4) is 0 Å². The zero-order valence-electron chi connectivity index (χ0n) is 12.5. The van der Waals surface area contributed by atoms with Gasteiger partial charge in [0, 0.05) is 31.0 Å². The molecule has 0 unspecified atom stereocenters. The first-order chi connectivity index (χ1) is 9.49. The number of hydrogen-bond donors (Lipinski definition) is 0. The minimum Gasteiger partial charge on any atom is -0.342 e. The molecule has 0 radical (unpaired) electrons. The number of likely N-dealkylation sites (tertiary alicyclic amines) is 1. The van der Waals surface area contributed by atoms with Crippen molar-refractivity contribution in [1.82, 2.24) is 9.80 Å². The second-order valence-electron chi connectivity index (χ2n) is 6.37. The maximum atomic E-state index is 12.5. The highest BCUT2D eigenvalue weighted by molar-refractivity contribution is 14.1. The van der Waals surface area contributed by atoms with Crippen LogP contribution < -0.4 is 0 Å². The summed E-state index contributed by atoms with van der Waals surface area (Å²) in [5, 5.41) is 0. The summed E-state index contributed by atoms with van der Waals surface area (Å²) in [4.78, 5) is 28.2. The molecule has 20 heavy (non-hydrogen) atoms. The van der Waals surface area contributed by atoms with Crippen LogP contribution in [0.2, 0.25) is 0 Å². The normalized spacial score (nSPS) is 28.7. The largest absolute Gasteiger partial charge is 0.342 e. The van der Waals surface area contributed by atoms with Gasteiger partial charge >= 0.3 is 0 Å². The minimum atomic E-state index is 0.165. The lowest BCUT2D eigenvalue weighted by atomic mass is 9.82. The van der Waals surface area contributed by atoms with Crippen LogP contribution in [0, 0.1) is 11.8 Å².